The van der Waals surface area contributed by atoms with Crippen molar-refractivity contribution in [3.63, 3.8) is 0 Å². The van der Waals surface area contributed by atoms with E-state index in [1.807, 2.05) is 18.2 Å². The summed E-state index contributed by atoms with van der Waals surface area (Å²) in [4.78, 5) is 0. The predicted octanol–water partition coefficient (Wildman–Crippen LogP) is 1.84. The highest BCUT2D eigenvalue weighted by molar-refractivity contribution is 5.18. The third-order valence-electron chi connectivity index (χ3n) is 1.93. The zero-order valence-corrected chi connectivity index (χ0v) is 7.96. The third kappa shape index (κ3) is 3.31. The fourth-order valence-electron chi connectivity index (χ4n) is 1.29. The van der Waals surface area contributed by atoms with Crippen LogP contribution in [0, 0.1) is 12.3 Å². The Balaban J connectivity index is 2.53. The molecule has 0 spiro atoms. The molecule has 0 aliphatic heterocycles. The van der Waals surface area contributed by atoms with E-state index in [9.17, 15) is 0 Å². The molecule has 68 valence electrons. The van der Waals surface area contributed by atoms with Crippen molar-refractivity contribution in [1.82, 2.24) is 5.32 Å². The van der Waals surface area contributed by atoms with Gasteiger partial charge in [0.2, 0.25) is 0 Å². The molecule has 0 aliphatic rings. The first-order chi connectivity index (χ1) is 6.36. The second-order valence-electron chi connectivity index (χ2n) is 2.97. The first-order valence-corrected chi connectivity index (χ1v) is 4.60. The van der Waals surface area contributed by atoms with Gasteiger partial charge in [-0.2, -0.15) is 0 Å². The Morgan fingerprint density at radius 3 is 2.62 bits per heavy atom. The number of hydrogen-bond acceptors (Lipinski definition) is 1. The molecule has 13 heavy (non-hydrogen) atoms. The molecule has 0 amide bonds. The van der Waals surface area contributed by atoms with Crippen LogP contribution in [0.5, 0.6) is 0 Å². The second-order valence-corrected chi connectivity index (χ2v) is 2.97. The summed E-state index contributed by atoms with van der Waals surface area (Å²) in [5, 5.41) is 3.24. The van der Waals surface area contributed by atoms with Crippen molar-refractivity contribution in [2.75, 3.05) is 6.54 Å². The van der Waals surface area contributed by atoms with Gasteiger partial charge in [0.25, 0.3) is 0 Å². The van der Waals surface area contributed by atoms with Crippen molar-refractivity contribution in [3.05, 3.63) is 35.9 Å². The van der Waals surface area contributed by atoms with Crippen LogP contribution in [0.25, 0.3) is 0 Å². The van der Waals surface area contributed by atoms with Gasteiger partial charge < -0.3 is 5.32 Å². The molecule has 1 nitrogen and oxygen atoms in total. The Bertz CT molecular complexity index is 271. The monoisotopic (exact) mass is 173 g/mol. The number of nitrogens with one attached hydrogen (secondary N) is 1. The Kier molecular flexibility index (Phi) is 4.08. The minimum atomic E-state index is 0.160. The molecule has 1 aromatic carbocycles. The quantitative estimate of drug-likeness (QED) is 0.685. The predicted molar refractivity (Wildman–Crippen MR) is 56.4 cm³/mol. The van der Waals surface area contributed by atoms with E-state index < -0.39 is 0 Å². The van der Waals surface area contributed by atoms with Crippen molar-refractivity contribution >= 4 is 0 Å². The molecule has 0 aromatic heterocycles. The molecule has 0 saturated heterocycles. The molecule has 0 fully saturated rings. The zero-order valence-electron chi connectivity index (χ0n) is 7.96. The van der Waals surface area contributed by atoms with Gasteiger partial charge in [0, 0.05) is 0 Å². The van der Waals surface area contributed by atoms with E-state index in [1.165, 1.54) is 5.56 Å². The van der Waals surface area contributed by atoms with E-state index >= 15 is 0 Å². The minimum Gasteiger partial charge on any atom is -0.304 e. The second kappa shape index (κ2) is 5.40. The van der Waals surface area contributed by atoms with E-state index in [0.29, 0.717) is 0 Å². The van der Waals surface area contributed by atoms with Crippen molar-refractivity contribution in [3.8, 4) is 12.3 Å². The number of rotatable bonds is 4. The topological polar surface area (TPSA) is 12.0 Å². The maximum atomic E-state index is 5.39. The summed E-state index contributed by atoms with van der Waals surface area (Å²) in [6, 6.07) is 10.4. The maximum Gasteiger partial charge on any atom is 0.0727 e. The summed E-state index contributed by atoms with van der Waals surface area (Å²) in [7, 11) is 0. The van der Waals surface area contributed by atoms with Gasteiger partial charge >= 0.3 is 0 Å². The molecule has 0 bridgehead atoms. The van der Waals surface area contributed by atoms with Gasteiger partial charge in [-0.15, -0.1) is 6.42 Å². The van der Waals surface area contributed by atoms with Crippen LogP contribution in [-0.2, 0) is 6.42 Å². The molecule has 1 atom stereocenters. The van der Waals surface area contributed by atoms with Gasteiger partial charge in [0.05, 0.1) is 6.04 Å². The highest BCUT2D eigenvalue weighted by atomic mass is 14.9. The van der Waals surface area contributed by atoms with Crippen LogP contribution in [0.3, 0.4) is 0 Å². The smallest absolute Gasteiger partial charge is 0.0727 e. The Morgan fingerprint density at radius 1 is 1.38 bits per heavy atom. The first kappa shape index (κ1) is 9.83. The van der Waals surface area contributed by atoms with Gasteiger partial charge in [0.15, 0.2) is 0 Å². The largest absolute Gasteiger partial charge is 0.304 e. The van der Waals surface area contributed by atoms with Crippen LogP contribution < -0.4 is 5.32 Å². The van der Waals surface area contributed by atoms with Gasteiger partial charge in [-0.25, -0.2) is 0 Å². The standard InChI is InChI=1S/C12H15N/c1-3-12(13-4-2)10-11-8-6-5-7-9-11/h1,5-9,12-13H,4,10H2,2H3/t12-/m1/s1. The van der Waals surface area contributed by atoms with Crippen LogP contribution in [0.4, 0.5) is 0 Å². The van der Waals surface area contributed by atoms with Gasteiger partial charge in [-0.1, -0.05) is 43.2 Å². The molecule has 0 saturated carbocycles. The first-order valence-electron chi connectivity index (χ1n) is 4.60. The summed E-state index contributed by atoms with van der Waals surface area (Å²) < 4.78 is 0. The lowest BCUT2D eigenvalue weighted by molar-refractivity contribution is 0.628. The number of terminal acetylenes is 1. The molecule has 1 N–H and O–H groups in total. The fourth-order valence-corrected chi connectivity index (χ4v) is 1.29. The maximum absolute atomic E-state index is 5.39. The van der Waals surface area contributed by atoms with E-state index in [4.69, 9.17) is 6.42 Å². The summed E-state index contributed by atoms with van der Waals surface area (Å²) >= 11 is 0. The Labute approximate surface area is 80.2 Å². The fraction of sp³-hybridized carbons (Fsp3) is 0.333. The van der Waals surface area contributed by atoms with Crippen molar-refractivity contribution in [2.24, 2.45) is 0 Å². The summed E-state index contributed by atoms with van der Waals surface area (Å²) in [6.45, 7) is 2.98. The molecule has 1 rings (SSSR count). The third-order valence-corrected chi connectivity index (χ3v) is 1.93. The van der Waals surface area contributed by atoms with Crippen LogP contribution in [0.15, 0.2) is 30.3 Å². The van der Waals surface area contributed by atoms with Gasteiger partial charge in [-0.05, 0) is 18.5 Å². The highest BCUT2D eigenvalue weighted by Gasteiger charge is 2.02. The van der Waals surface area contributed by atoms with E-state index in [-0.39, 0.29) is 6.04 Å². The van der Waals surface area contributed by atoms with Crippen molar-refractivity contribution in [2.45, 2.75) is 19.4 Å². The van der Waals surface area contributed by atoms with Crippen molar-refractivity contribution < 1.29 is 0 Å². The molecule has 0 heterocycles. The molecular weight excluding hydrogens is 158 g/mol. The highest BCUT2D eigenvalue weighted by Crippen LogP contribution is 2.02. The van der Waals surface area contributed by atoms with Gasteiger partial charge in [0.1, 0.15) is 0 Å². The molecule has 0 unspecified atom stereocenters. The Hall–Kier alpha value is -1.26. The lowest BCUT2D eigenvalue weighted by atomic mass is 10.1. The van der Waals surface area contributed by atoms with E-state index in [1.54, 1.807) is 0 Å². The molecule has 1 heteroatoms. The van der Waals surface area contributed by atoms with Crippen LogP contribution >= 0.6 is 0 Å². The SMILES string of the molecule is C#C[C@H](Cc1ccccc1)NCC. The average Bonchev–Trinajstić information content (AvgIpc) is 2.19. The molecule has 0 radical (unpaired) electrons. The lowest BCUT2D eigenvalue weighted by Gasteiger charge is -2.10. The van der Waals surface area contributed by atoms with Crippen LogP contribution in [0.2, 0.25) is 0 Å². The Morgan fingerprint density at radius 2 is 2.08 bits per heavy atom. The normalized spacial score (nSPS) is 12.0. The average molecular weight is 173 g/mol. The van der Waals surface area contributed by atoms with Crippen LogP contribution in [0.1, 0.15) is 12.5 Å². The summed E-state index contributed by atoms with van der Waals surface area (Å²) in [5.74, 6) is 2.74. The minimum absolute atomic E-state index is 0.160. The number of likely N-dealkylation sites (N-methyl/N-ethyl adjacent to an activating group) is 1. The molecular formula is C12H15N. The number of benzene rings is 1. The molecule has 1 aromatic rings. The summed E-state index contributed by atoms with van der Waals surface area (Å²) in [6.07, 6.45) is 6.30. The van der Waals surface area contributed by atoms with Crippen LogP contribution in [-0.4, -0.2) is 12.6 Å². The number of hydrogen-bond donors (Lipinski definition) is 1. The lowest BCUT2D eigenvalue weighted by Crippen LogP contribution is -2.29. The summed E-state index contributed by atoms with van der Waals surface area (Å²) in [5.41, 5.74) is 1.28. The van der Waals surface area contributed by atoms with E-state index in [0.717, 1.165) is 13.0 Å². The zero-order chi connectivity index (χ0) is 9.52. The van der Waals surface area contributed by atoms with Gasteiger partial charge in [-0.3, -0.25) is 0 Å². The molecule has 0 aliphatic carbocycles. The van der Waals surface area contributed by atoms with E-state index in [2.05, 4.69) is 30.3 Å². The van der Waals surface area contributed by atoms with Crippen molar-refractivity contribution in [1.29, 1.82) is 0 Å².